The van der Waals surface area contributed by atoms with Crippen LogP contribution in [-0.4, -0.2) is 129 Å². The Morgan fingerprint density at radius 2 is 1.61 bits per heavy atom. The summed E-state index contributed by atoms with van der Waals surface area (Å²) in [5, 5.41) is 41.6. The third-order valence-corrected chi connectivity index (χ3v) is 16.2. The summed E-state index contributed by atoms with van der Waals surface area (Å²) in [4.78, 5) is 89.0. The molecule has 71 heavy (non-hydrogen) atoms. The SMILES string of the molecule is CC(=O)O[C@@]12CO[C@@H]1C[C@H](O)[C@@]1(C)C(=O)[C@H](O)C3=C(C)[C@@H](OC(=O)[C@H](OC(=O)OCCSSc4ccccn4)[C@@H](NC(=O)OC(C)(C)C)c4ccccc4)C[C@@](O)([C@@H](OC(=O)c4ccccc4)C12)C3(C)C. The second-order valence-corrected chi connectivity index (χ2v) is 22.3. The third kappa shape index (κ3) is 10.6. The maximum absolute atomic E-state index is 15.2. The van der Waals surface area contributed by atoms with Gasteiger partial charge in [0.15, 0.2) is 11.4 Å². The van der Waals surface area contributed by atoms with Crippen molar-refractivity contribution < 1.29 is 77.2 Å². The summed E-state index contributed by atoms with van der Waals surface area (Å²) in [5.41, 5.74) is -8.69. The first-order valence-electron chi connectivity index (χ1n) is 23.1. The number of aliphatic hydroxyl groups is 3. The number of carbonyl (C=O) groups is 6. The number of ether oxygens (including phenoxy) is 7. The van der Waals surface area contributed by atoms with Crippen molar-refractivity contribution in [1.82, 2.24) is 10.3 Å². The molecule has 11 atom stereocenters. The largest absolute Gasteiger partial charge is 0.509 e. The van der Waals surface area contributed by atoms with Crippen molar-refractivity contribution in [3.63, 3.8) is 0 Å². The van der Waals surface area contributed by atoms with Crippen LogP contribution in [0.4, 0.5) is 9.59 Å². The Morgan fingerprint density at radius 3 is 2.21 bits per heavy atom. The molecule has 2 heterocycles. The maximum atomic E-state index is 15.2. The Morgan fingerprint density at radius 1 is 0.944 bits per heavy atom. The summed E-state index contributed by atoms with van der Waals surface area (Å²) in [5.74, 6) is -5.26. The summed E-state index contributed by atoms with van der Waals surface area (Å²) in [6, 6.07) is 19.8. The molecule has 4 N–H and O–H groups in total. The van der Waals surface area contributed by atoms with Crippen LogP contribution in [0.1, 0.15) is 90.2 Å². The number of aliphatic hydroxyl groups excluding tert-OH is 2. The minimum absolute atomic E-state index is 0.0518. The molecule has 0 radical (unpaired) electrons. The number of ketones is 1. The van der Waals surface area contributed by atoms with Gasteiger partial charge in [-0.2, -0.15) is 0 Å². The normalized spacial score (nSPS) is 29.5. The van der Waals surface area contributed by atoms with E-state index < -0.39 is 119 Å². The van der Waals surface area contributed by atoms with Gasteiger partial charge in [0.1, 0.15) is 53.3 Å². The van der Waals surface area contributed by atoms with Gasteiger partial charge in [0.05, 0.1) is 29.6 Å². The van der Waals surface area contributed by atoms with E-state index in [0.29, 0.717) is 0 Å². The fourth-order valence-electron chi connectivity index (χ4n) is 10.5. The molecule has 2 saturated carbocycles. The molecule has 3 aliphatic carbocycles. The minimum atomic E-state index is -2.44. The highest BCUT2D eigenvalue weighted by atomic mass is 33.1. The summed E-state index contributed by atoms with van der Waals surface area (Å²) < 4.78 is 41.4. The predicted molar refractivity (Wildman–Crippen MR) is 256 cm³/mol. The second-order valence-electron chi connectivity index (χ2n) is 19.8. The number of fused-ring (bicyclic) bond motifs is 5. The molecule has 1 aromatic heterocycles. The number of aromatic nitrogens is 1. The summed E-state index contributed by atoms with van der Waals surface area (Å²) in [7, 11) is 2.70. The fraction of sp³-hybridized carbons (Fsp3) is 0.510. The number of rotatable bonds is 14. The van der Waals surface area contributed by atoms with Gasteiger partial charge in [0, 0.05) is 37.1 Å². The van der Waals surface area contributed by atoms with Gasteiger partial charge in [0.25, 0.3) is 0 Å². The molecule has 2 bridgehead atoms. The Balaban J connectivity index is 1.31. The van der Waals surface area contributed by atoms with Crippen molar-refractivity contribution in [3.05, 3.63) is 107 Å². The van der Waals surface area contributed by atoms with Gasteiger partial charge in [-0.3, -0.25) is 9.59 Å². The Labute approximate surface area is 419 Å². The van der Waals surface area contributed by atoms with Gasteiger partial charge in [-0.1, -0.05) is 79.2 Å². The second kappa shape index (κ2) is 20.9. The van der Waals surface area contributed by atoms with Crippen molar-refractivity contribution in [2.24, 2.45) is 16.7 Å². The van der Waals surface area contributed by atoms with E-state index in [1.165, 1.54) is 61.4 Å². The first-order chi connectivity index (χ1) is 33.4. The topological polar surface area (TPSA) is 253 Å². The summed E-state index contributed by atoms with van der Waals surface area (Å²) in [6.45, 7) is 11.5. The average molecular weight is 1020 g/mol. The maximum Gasteiger partial charge on any atom is 0.509 e. The standard InChI is InChI=1S/C51H60N2O16S2/c1-28-32(65-44(59)39(66-46(61)63-23-24-70-71-35-21-15-16-22-52-35)37(30-17-11-9-12-18-30)53-45(60)69-47(3,4)5)26-51(62)42(67-43(58)31-19-13-10-14-20-31)40-49(8,41(57)38(56)36(28)48(51,6)7)33(55)25-34-50(40,27-64-34)68-29(2)54/h9-22,32-34,37-40,42,55-56,62H,23-27H2,1-8H3,(H,53,60)/t32-,33-,34+,37-,38+,39+,40?,42-,49+,50-,51+/m0/s1. The number of esters is 3. The first-order valence-corrected chi connectivity index (χ1v) is 25.5. The van der Waals surface area contributed by atoms with Gasteiger partial charge >= 0.3 is 30.2 Å². The van der Waals surface area contributed by atoms with E-state index in [0.717, 1.165) is 11.9 Å². The monoisotopic (exact) mass is 1020 g/mol. The third-order valence-electron chi connectivity index (χ3n) is 13.9. The number of nitrogens with one attached hydrogen (secondary N) is 1. The molecule has 0 spiro atoms. The van der Waals surface area contributed by atoms with Crippen LogP contribution < -0.4 is 5.32 Å². The quantitative estimate of drug-likeness (QED) is 0.0457. The highest BCUT2D eigenvalue weighted by Crippen LogP contribution is 2.64. The van der Waals surface area contributed by atoms with Crippen LogP contribution >= 0.6 is 21.6 Å². The zero-order chi connectivity index (χ0) is 51.7. The molecule has 382 valence electrons. The number of hydrogen-bond donors (Lipinski definition) is 4. The molecular weight excluding hydrogens is 961 g/mol. The molecule has 2 aromatic carbocycles. The van der Waals surface area contributed by atoms with Crippen LogP contribution in [0.5, 0.6) is 0 Å². The van der Waals surface area contributed by atoms with Gasteiger partial charge in [-0.25, -0.2) is 24.2 Å². The van der Waals surface area contributed by atoms with Crippen LogP contribution in [0.15, 0.2) is 101 Å². The lowest BCUT2D eigenvalue weighted by atomic mass is 9.44. The van der Waals surface area contributed by atoms with Crippen molar-refractivity contribution in [1.29, 1.82) is 0 Å². The van der Waals surface area contributed by atoms with Gasteiger partial charge in [-0.15, -0.1) is 0 Å². The molecule has 3 aromatic rings. The van der Waals surface area contributed by atoms with Crippen molar-refractivity contribution in [3.8, 4) is 0 Å². The van der Waals surface area contributed by atoms with Crippen LogP contribution in [0.2, 0.25) is 0 Å². The van der Waals surface area contributed by atoms with Crippen molar-refractivity contribution >= 4 is 57.5 Å². The van der Waals surface area contributed by atoms with Crippen molar-refractivity contribution in [2.45, 2.75) is 133 Å². The van der Waals surface area contributed by atoms with Gasteiger partial charge in [0.2, 0.25) is 6.10 Å². The summed E-state index contributed by atoms with van der Waals surface area (Å²) >= 11 is 0. The summed E-state index contributed by atoms with van der Waals surface area (Å²) in [6.07, 6.45) is -11.6. The number of benzene rings is 2. The number of carbonyl (C=O) groups excluding carboxylic acids is 6. The lowest BCUT2D eigenvalue weighted by Gasteiger charge is -2.67. The fourth-order valence-corrected chi connectivity index (χ4v) is 12.2. The molecule has 1 amide bonds. The average Bonchev–Trinajstić information content (AvgIpc) is 3.31. The van der Waals surface area contributed by atoms with E-state index in [2.05, 4.69) is 10.3 Å². The van der Waals surface area contributed by atoms with E-state index in [4.69, 9.17) is 33.2 Å². The van der Waals surface area contributed by atoms with Crippen LogP contribution in [0, 0.1) is 16.7 Å². The van der Waals surface area contributed by atoms with E-state index in [1.54, 1.807) is 81.6 Å². The van der Waals surface area contributed by atoms with E-state index >= 15 is 9.59 Å². The number of amides is 1. The van der Waals surface area contributed by atoms with Crippen molar-refractivity contribution in [2.75, 3.05) is 19.0 Å². The molecule has 4 aliphatic rings. The van der Waals surface area contributed by atoms with Gasteiger partial charge in [-0.05, 0) is 86.4 Å². The van der Waals surface area contributed by atoms with E-state index in [-0.39, 0.29) is 47.7 Å². The molecule has 3 fully saturated rings. The predicted octanol–water partition coefficient (Wildman–Crippen LogP) is 6.26. The molecule has 7 rings (SSSR count). The van der Waals surface area contributed by atoms with Gasteiger partial charge < -0.3 is 53.8 Å². The highest BCUT2D eigenvalue weighted by molar-refractivity contribution is 8.76. The van der Waals surface area contributed by atoms with Crippen LogP contribution in [-0.2, 0) is 47.5 Å². The number of alkyl carbamates (subject to hydrolysis) is 1. The lowest BCUT2D eigenvalue weighted by molar-refractivity contribution is -0.346. The smallest absolute Gasteiger partial charge is 0.455 e. The zero-order valence-corrected chi connectivity index (χ0v) is 42.3. The Kier molecular flexibility index (Phi) is 15.7. The van der Waals surface area contributed by atoms with Crippen LogP contribution in [0.25, 0.3) is 0 Å². The molecular formula is C51H60N2O16S2. The number of Topliss-reactive ketones (excluding diaryl/α,β-unsaturated/α-hetero) is 1. The highest BCUT2D eigenvalue weighted by Gasteiger charge is 2.78. The molecule has 1 saturated heterocycles. The molecule has 20 heteroatoms. The lowest BCUT2D eigenvalue weighted by Crippen LogP contribution is -2.81. The Bertz CT molecular complexity index is 2510. The van der Waals surface area contributed by atoms with Crippen LogP contribution in [0.3, 0.4) is 0 Å². The number of hydrogen-bond acceptors (Lipinski definition) is 19. The molecule has 18 nitrogen and oxygen atoms in total. The molecule has 1 aliphatic heterocycles. The Hall–Kier alpha value is -5.51. The minimum Gasteiger partial charge on any atom is -0.455 e. The zero-order valence-electron chi connectivity index (χ0n) is 40.6. The first kappa shape index (κ1) is 53.3. The van der Waals surface area contributed by atoms with E-state index in [1.807, 2.05) is 12.1 Å². The number of pyridine rings is 1. The number of nitrogens with zero attached hydrogens (tertiary/aromatic N) is 1. The molecule has 1 unspecified atom stereocenters. The van der Waals surface area contributed by atoms with E-state index in [9.17, 15) is 34.5 Å².